The van der Waals surface area contributed by atoms with Gasteiger partial charge < -0.3 is 5.32 Å². The maximum absolute atomic E-state index is 6.14. The van der Waals surface area contributed by atoms with Gasteiger partial charge in [0.05, 0.1) is 10.8 Å². The molecule has 0 aliphatic rings. The van der Waals surface area contributed by atoms with Gasteiger partial charge in [-0.1, -0.05) is 23.2 Å². The van der Waals surface area contributed by atoms with E-state index in [0.717, 1.165) is 28.8 Å². The van der Waals surface area contributed by atoms with Crippen LogP contribution < -0.4 is 5.32 Å². The summed E-state index contributed by atoms with van der Waals surface area (Å²) in [5.74, 6) is 2.29. The maximum atomic E-state index is 6.14. The predicted molar refractivity (Wildman–Crippen MR) is 87.0 cm³/mol. The molecule has 0 radical (unpaired) electrons. The highest BCUT2D eigenvalue weighted by Crippen LogP contribution is 2.31. The van der Waals surface area contributed by atoms with Crippen molar-refractivity contribution < 1.29 is 0 Å². The molecular weight excluding hydrogens is 313 g/mol. The molecule has 0 fully saturated rings. The molecule has 0 atom stereocenters. The Morgan fingerprint density at radius 3 is 2.75 bits per heavy atom. The van der Waals surface area contributed by atoms with Crippen LogP contribution in [0.4, 0.5) is 5.82 Å². The highest BCUT2D eigenvalue weighted by molar-refractivity contribution is 7.98. The third-order valence-corrected chi connectivity index (χ3v) is 4.24. The largest absolute Gasteiger partial charge is 0.370 e. The Bertz CT molecular complexity index is 605. The molecule has 106 valence electrons. The van der Waals surface area contributed by atoms with Gasteiger partial charge in [0.2, 0.25) is 0 Å². The molecule has 20 heavy (non-hydrogen) atoms. The van der Waals surface area contributed by atoms with E-state index in [1.807, 2.05) is 26.0 Å². The quantitative estimate of drug-likeness (QED) is 0.799. The molecule has 6 heteroatoms. The molecule has 1 N–H and O–H groups in total. The van der Waals surface area contributed by atoms with E-state index in [0.29, 0.717) is 15.8 Å². The molecule has 3 nitrogen and oxygen atoms in total. The van der Waals surface area contributed by atoms with Crippen LogP contribution in [0, 0.1) is 6.92 Å². The Kier molecular flexibility index (Phi) is 5.52. The van der Waals surface area contributed by atoms with Crippen molar-refractivity contribution >= 4 is 40.8 Å². The van der Waals surface area contributed by atoms with Crippen molar-refractivity contribution in [2.45, 2.75) is 24.5 Å². The van der Waals surface area contributed by atoms with Crippen LogP contribution >= 0.6 is 35.0 Å². The van der Waals surface area contributed by atoms with E-state index in [2.05, 4.69) is 15.3 Å². The van der Waals surface area contributed by atoms with Gasteiger partial charge in [-0.2, -0.15) is 0 Å². The summed E-state index contributed by atoms with van der Waals surface area (Å²) in [7, 11) is 0. The molecule has 1 aromatic heterocycles. The number of aromatic nitrogens is 2. The van der Waals surface area contributed by atoms with Gasteiger partial charge in [-0.05, 0) is 32.0 Å². The van der Waals surface area contributed by atoms with E-state index in [-0.39, 0.29) is 0 Å². The Morgan fingerprint density at radius 2 is 2.00 bits per heavy atom. The minimum absolute atomic E-state index is 0.653. The van der Waals surface area contributed by atoms with Crippen molar-refractivity contribution in [3.05, 3.63) is 45.8 Å². The van der Waals surface area contributed by atoms with Crippen LogP contribution in [0.1, 0.15) is 18.4 Å². The molecule has 2 rings (SSSR count). The lowest BCUT2D eigenvalue weighted by Gasteiger charge is -2.08. The summed E-state index contributed by atoms with van der Waals surface area (Å²) in [5, 5.41) is 4.57. The average molecular weight is 328 g/mol. The van der Waals surface area contributed by atoms with Crippen LogP contribution in [0.15, 0.2) is 29.2 Å². The third-order valence-electron chi connectivity index (χ3n) is 2.51. The lowest BCUT2D eigenvalue weighted by molar-refractivity contribution is 0.986. The van der Waals surface area contributed by atoms with E-state index < -0.39 is 0 Å². The standard InChI is InChI=1S/C14H15Cl2N3S/c1-3-17-13-6-9(2)18-14(19-13)8-20-12-7-10(15)4-5-11(12)16/h4-7H,3,8H2,1-2H3,(H,17,18,19). The van der Waals surface area contributed by atoms with Gasteiger partial charge in [0, 0.05) is 28.2 Å². The fraction of sp³-hybridized carbons (Fsp3) is 0.286. The first kappa shape index (κ1) is 15.4. The van der Waals surface area contributed by atoms with Crippen molar-refractivity contribution in [3.8, 4) is 0 Å². The summed E-state index contributed by atoms with van der Waals surface area (Å²) in [6, 6.07) is 7.37. The van der Waals surface area contributed by atoms with Gasteiger partial charge in [-0.3, -0.25) is 0 Å². The number of benzene rings is 1. The lowest BCUT2D eigenvalue weighted by atomic mass is 10.4. The normalized spacial score (nSPS) is 10.6. The molecule has 0 unspecified atom stereocenters. The van der Waals surface area contributed by atoms with Gasteiger partial charge in [0.15, 0.2) is 0 Å². The molecule has 0 aliphatic carbocycles. The summed E-state index contributed by atoms with van der Waals surface area (Å²) in [6.07, 6.45) is 0. The van der Waals surface area contributed by atoms with Crippen LogP contribution in [0.25, 0.3) is 0 Å². The summed E-state index contributed by atoms with van der Waals surface area (Å²) in [6.45, 7) is 4.84. The van der Waals surface area contributed by atoms with Crippen LogP contribution in [0.3, 0.4) is 0 Å². The topological polar surface area (TPSA) is 37.8 Å². The first-order chi connectivity index (χ1) is 9.58. The smallest absolute Gasteiger partial charge is 0.141 e. The van der Waals surface area contributed by atoms with Crippen molar-refractivity contribution in [2.24, 2.45) is 0 Å². The van der Waals surface area contributed by atoms with Gasteiger partial charge in [-0.25, -0.2) is 9.97 Å². The predicted octanol–water partition coefficient (Wildman–Crippen LogP) is 4.82. The molecule has 2 aromatic rings. The molecule has 1 aromatic carbocycles. The number of aryl methyl sites for hydroxylation is 1. The highest BCUT2D eigenvalue weighted by atomic mass is 35.5. The monoisotopic (exact) mass is 327 g/mol. The maximum Gasteiger partial charge on any atom is 0.141 e. The van der Waals surface area contributed by atoms with Crippen molar-refractivity contribution in [1.29, 1.82) is 0 Å². The second-order valence-electron chi connectivity index (χ2n) is 4.20. The van der Waals surface area contributed by atoms with E-state index >= 15 is 0 Å². The zero-order valence-electron chi connectivity index (χ0n) is 11.3. The van der Waals surface area contributed by atoms with Gasteiger partial charge in [0.25, 0.3) is 0 Å². The second-order valence-corrected chi connectivity index (χ2v) is 6.07. The second kappa shape index (κ2) is 7.16. The molecule has 0 saturated carbocycles. The number of nitrogens with one attached hydrogen (secondary N) is 1. The van der Waals surface area contributed by atoms with Crippen molar-refractivity contribution in [2.75, 3.05) is 11.9 Å². The fourth-order valence-electron chi connectivity index (χ4n) is 1.70. The average Bonchev–Trinajstić information content (AvgIpc) is 2.40. The van der Waals surface area contributed by atoms with Crippen LogP contribution in [-0.4, -0.2) is 16.5 Å². The number of halogens is 2. The SMILES string of the molecule is CCNc1cc(C)nc(CSc2cc(Cl)ccc2Cl)n1. The van der Waals surface area contributed by atoms with Crippen LogP contribution in [0.2, 0.25) is 10.0 Å². The summed E-state index contributed by atoms with van der Waals surface area (Å²) < 4.78 is 0. The molecule has 0 spiro atoms. The first-order valence-corrected chi connectivity index (χ1v) is 7.99. The zero-order chi connectivity index (χ0) is 14.5. The first-order valence-electron chi connectivity index (χ1n) is 6.24. The van der Waals surface area contributed by atoms with E-state index in [9.17, 15) is 0 Å². The number of nitrogens with zero attached hydrogens (tertiary/aromatic N) is 2. The number of hydrogen-bond donors (Lipinski definition) is 1. The lowest BCUT2D eigenvalue weighted by Crippen LogP contribution is -2.04. The molecule has 0 bridgehead atoms. The van der Waals surface area contributed by atoms with Crippen LogP contribution in [-0.2, 0) is 5.75 Å². The van der Waals surface area contributed by atoms with E-state index in [4.69, 9.17) is 23.2 Å². The minimum atomic E-state index is 0.653. The summed E-state index contributed by atoms with van der Waals surface area (Å²) >= 11 is 13.7. The fourth-order valence-corrected chi connectivity index (χ4v) is 3.04. The number of thioether (sulfide) groups is 1. The third kappa shape index (κ3) is 4.27. The zero-order valence-corrected chi connectivity index (χ0v) is 13.6. The van der Waals surface area contributed by atoms with Crippen molar-refractivity contribution in [1.82, 2.24) is 9.97 Å². The van der Waals surface area contributed by atoms with Gasteiger partial charge in [-0.15, -0.1) is 11.8 Å². The van der Waals surface area contributed by atoms with Gasteiger partial charge in [0.1, 0.15) is 11.6 Å². The van der Waals surface area contributed by atoms with E-state index in [1.54, 1.807) is 23.9 Å². The van der Waals surface area contributed by atoms with Gasteiger partial charge >= 0.3 is 0 Å². The Morgan fingerprint density at radius 1 is 1.20 bits per heavy atom. The number of anilines is 1. The molecule has 0 saturated heterocycles. The molecule has 1 heterocycles. The molecule has 0 amide bonds. The Balaban J connectivity index is 2.12. The minimum Gasteiger partial charge on any atom is -0.370 e. The van der Waals surface area contributed by atoms with E-state index in [1.165, 1.54) is 0 Å². The Hall–Kier alpha value is -0.970. The highest BCUT2D eigenvalue weighted by Gasteiger charge is 2.06. The van der Waals surface area contributed by atoms with Crippen LogP contribution in [0.5, 0.6) is 0 Å². The molecular formula is C14H15Cl2N3S. The molecule has 0 aliphatic heterocycles. The summed E-state index contributed by atoms with van der Waals surface area (Å²) in [5.41, 5.74) is 0.948. The number of hydrogen-bond acceptors (Lipinski definition) is 4. The van der Waals surface area contributed by atoms with Crippen molar-refractivity contribution in [3.63, 3.8) is 0 Å². The number of rotatable bonds is 5. The Labute approximate surface area is 133 Å². The summed E-state index contributed by atoms with van der Waals surface area (Å²) in [4.78, 5) is 9.85.